The monoisotopic (exact) mass is 404 g/mol. The van der Waals surface area contributed by atoms with Crippen LogP contribution in [0, 0.1) is 6.92 Å². The van der Waals surface area contributed by atoms with E-state index in [2.05, 4.69) is 10.3 Å². The number of fused-ring (bicyclic) bond motifs is 1. The number of nitrogens with zero attached hydrogens (tertiary/aromatic N) is 1. The molecule has 1 aromatic heterocycles. The van der Waals surface area contributed by atoms with Gasteiger partial charge in [-0.3, -0.25) is 4.79 Å². The summed E-state index contributed by atoms with van der Waals surface area (Å²) in [5, 5.41) is 5.06. The Morgan fingerprint density at radius 1 is 1.12 bits per heavy atom. The summed E-state index contributed by atoms with van der Waals surface area (Å²) >= 11 is 13.7. The normalized spacial score (nSPS) is 16.1. The van der Waals surface area contributed by atoms with E-state index in [4.69, 9.17) is 23.2 Å². The predicted octanol–water partition coefficient (Wildman–Crippen LogP) is 6.36. The SMILES string of the molecule is Cc1c(Cl)ccc2sc(NC(=O)C3(c4ccc(Cl)cc4)CCCC3)nc12. The van der Waals surface area contributed by atoms with E-state index >= 15 is 0 Å². The van der Waals surface area contributed by atoms with Crippen LogP contribution in [0.15, 0.2) is 36.4 Å². The molecule has 26 heavy (non-hydrogen) atoms. The van der Waals surface area contributed by atoms with Crippen molar-refractivity contribution in [1.29, 1.82) is 0 Å². The van der Waals surface area contributed by atoms with Gasteiger partial charge in [-0.2, -0.15) is 0 Å². The molecule has 3 aromatic rings. The average molecular weight is 405 g/mol. The van der Waals surface area contributed by atoms with Crippen LogP contribution in [0.3, 0.4) is 0 Å². The number of nitrogens with one attached hydrogen (secondary N) is 1. The number of thiazole rings is 1. The summed E-state index contributed by atoms with van der Waals surface area (Å²) in [6.45, 7) is 1.95. The number of anilines is 1. The van der Waals surface area contributed by atoms with Gasteiger partial charge in [0.2, 0.25) is 5.91 Å². The molecule has 1 aliphatic carbocycles. The number of amides is 1. The number of halogens is 2. The lowest BCUT2D eigenvalue weighted by atomic mass is 9.78. The van der Waals surface area contributed by atoms with E-state index in [1.807, 2.05) is 43.3 Å². The first-order valence-corrected chi connectivity index (χ1v) is 10.2. The number of rotatable bonds is 3. The Hall–Kier alpha value is -1.62. The zero-order valence-electron chi connectivity index (χ0n) is 14.3. The van der Waals surface area contributed by atoms with Crippen molar-refractivity contribution in [3.05, 3.63) is 57.6 Å². The molecule has 1 aliphatic rings. The van der Waals surface area contributed by atoms with Gasteiger partial charge in [-0.15, -0.1) is 0 Å². The zero-order valence-corrected chi connectivity index (χ0v) is 16.6. The Bertz CT molecular complexity index is 975. The topological polar surface area (TPSA) is 42.0 Å². The predicted molar refractivity (Wildman–Crippen MR) is 110 cm³/mol. The highest BCUT2D eigenvalue weighted by Crippen LogP contribution is 2.43. The van der Waals surface area contributed by atoms with Crippen LogP contribution in [0.25, 0.3) is 10.2 Å². The molecule has 6 heteroatoms. The molecule has 134 valence electrons. The lowest BCUT2D eigenvalue weighted by Crippen LogP contribution is -2.37. The molecule has 0 aliphatic heterocycles. The second kappa shape index (κ2) is 6.84. The Labute approximate surface area is 166 Å². The van der Waals surface area contributed by atoms with Crippen molar-refractivity contribution in [3.63, 3.8) is 0 Å². The van der Waals surface area contributed by atoms with Crippen LogP contribution in [0.5, 0.6) is 0 Å². The maximum atomic E-state index is 13.2. The van der Waals surface area contributed by atoms with Crippen LogP contribution in [0.2, 0.25) is 10.0 Å². The molecule has 0 spiro atoms. The molecule has 1 heterocycles. The van der Waals surface area contributed by atoms with Gasteiger partial charge in [0.05, 0.1) is 15.6 Å². The summed E-state index contributed by atoms with van der Waals surface area (Å²) in [7, 11) is 0. The number of carbonyl (C=O) groups is 1. The maximum Gasteiger partial charge on any atom is 0.236 e. The molecule has 0 atom stereocenters. The molecule has 2 aromatic carbocycles. The first-order valence-electron chi connectivity index (χ1n) is 8.63. The number of aryl methyl sites for hydroxylation is 1. The Morgan fingerprint density at radius 2 is 1.81 bits per heavy atom. The molecular weight excluding hydrogens is 387 g/mol. The first kappa shape index (κ1) is 17.8. The van der Waals surface area contributed by atoms with Crippen LogP contribution >= 0.6 is 34.5 Å². The number of aromatic nitrogens is 1. The molecule has 0 saturated heterocycles. The zero-order chi connectivity index (χ0) is 18.3. The van der Waals surface area contributed by atoms with Gasteiger partial charge in [-0.1, -0.05) is 59.5 Å². The lowest BCUT2D eigenvalue weighted by molar-refractivity contribution is -0.121. The Balaban J connectivity index is 1.67. The summed E-state index contributed by atoms with van der Waals surface area (Å²) in [5.41, 5.74) is 2.31. The standard InChI is InChI=1S/C20H18Cl2N2OS/c1-12-15(22)8-9-16-17(12)23-19(26-16)24-18(25)20(10-2-3-11-20)13-4-6-14(21)7-5-13/h4-9H,2-3,10-11H2,1H3,(H,23,24,25). The highest BCUT2D eigenvalue weighted by molar-refractivity contribution is 7.22. The van der Waals surface area contributed by atoms with Crippen molar-refractivity contribution in [2.75, 3.05) is 5.32 Å². The second-order valence-corrected chi connectivity index (χ2v) is 8.66. The number of hydrogen-bond acceptors (Lipinski definition) is 3. The maximum absolute atomic E-state index is 13.2. The number of hydrogen-bond donors (Lipinski definition) is 1. The fourth-order valence-electron chi connectivity index (χ4n) is 3.77. The molecule has 4 rings (SSSR count). The molecule has 1 saturated carbocycles. The van der Waals surface area contributed by atoms with Gasteiger partial charge < -0.3 is 5.32 Å². The van der Waals surface area contributed by atoms with Crippen LogP contribution in [0.1, 0.15) is 36.8 Å². The van der Waals surface area contributed by atoms with E-state index < -0.39 is 5.41 Å². The van der Waals surface area contributed by atoms with Crippen LogP contribution in [-0.4, -0.2) is 10.9 Å². The van der Waals surface area contributed by atoms with Gasteiger partial charge >= 0.3 is 0 Å². The van der Waals surface area contributed by atoms with Crippen LogP contribution in [-0.2, 0) is 10.2 Å². The Kier molecular flexibility index (Phi) is 4.68. The van der Waals surface area contributed by atoms with Gasteiger partial charge in [0, 0.05) is 10.0 Å². The summed E-state index contributed by atoms with van der Waals surface area (Å²) in [4.78, 5) is 17.9. The van der Waals surface area contributed by atoms with Crippen molar-refractivity contribution in [3.8, 4) is 0 Å². The third-order valence-electron chi connectivity index (χ3n) is 5.26. The minimum atomic E-state index is -0.505. The quantitative estimate of drug-likeness (QED) is 0.551. The number of benzene rings is 2. The first-order chi connectivity index (χ1) is 12.5. The smallest absolute Gasteiger partial charge is 0.236 e. The van der Waals surface area contributed by atoms with Gasteiger partial charge in [0.25, 0.3) is 0 Å². The summed E-state index contributed by atoms with van der Waals surface area (Å²) in [6.07, 6.45) is 3.78. The summed E-state index contributed by atoms with van der Waals surface area (Å²) < 4.78 is 1.02. The highest BCUT2D eigenvalue weighted by atomic mass is 35.5. The van der Waals surface area contributed by atoms with Gasteiger partial charge in [0.15, 0.2) is 5.13 Å². The van der Waals surface area contributed by atoms with Gasteiger partial charge in [0.1, 0.15) is 0 Å². The van der Waals surface area contributed by atoms with Crippen molar-refractivity contribution < 1.29 is 4.79 Å². The van der Waals surface area contributed by atoms with E-state index in [1.165, 1.54) is 11.3 Å². The van der Waals surface area contributed by atoms with Crippen molar-refractivity contribution in [2.45, 2.75) is 38.0 Å². The van der Waals surface area contributed by atoms with Crippen molar-refractivity contribution in [2.24, 2.45) is 0 Å². The molecule has 0 unspecified atom stereocenters. The van der Waals surface area contributed by atoms with Gasteiger partial charge in [-0.25, -0.2) is 4.98 Å². The fraction of sp³-hybridized carbons (Fsp3) is 0.300. The number of carbonyl (C=O) groups excluding carboxylic acids is 1. The van der Waals surface area contributed by atoms with E-state index in [0.717, 1.165) is 47.0 Å². The molecular formula is C20H18Cl2N2OS. The van der Waals surface area contributed by atoms with Crippen LogP contribution < -0.4 is 5.32 Å². The van der Waals surface area contributed by atoms with E-state index in [-0.39, 0.29) is 5.91 Å². The van der Waals surface area contributed by atoms with E-state index in [0.29, 0.717) is 15.2 Å². The average Bonchev–Trinajstić information content (AvgIpc) is 3.27. The molecule has 1 N–H and O–H groups in total. The third kappa shape index (κ3) is 3.00. The minimum Gasteiger partial charge on any atom is -0.301 e. The lowest BCUT2D eigenvalue weighted by Gasteiger charge is -2.27. The van der Waals surface area contributed by atoms with Crippen LogP contribution in [0.4, 0.5) is 5.13 Å². The second-order valence-electron chi connectivity index (χ2n) is 6.79. The van der Waals surface area contributed by atoms with E-state index in [9.17, 15) is 4.79 Å². The van der Waals surface area contributed by atoms with Crippen molar-refractivity contribution in [1.82, 2.24) is 4.98 Å². The highest BCUT2D eigenvalue weighted by Gasteiger charge is 2.43. The fourth-order valence-corrected chi connectivity index (χ4v) is 4.96. The molecule has 3 nitrogen and oxygen atoms in total. The van der Waals surface area contributed by atoms with E-state index in [1.54, 1.807) is 0 Å². The molecule has 0 radical (unpaired) electrons. The third-order valence-corrected chi connectivity index (χ3v) is 6.85. The van der Waals surface area contributed by atoms with Crippen molar-refractivity contribution >= 4 is 55.8 Å². The molecule has 1 fully saturated rings. The minimum absolute atomic E-state index is 0.0140. The summed E-state index contributed by atoms with van der Waals surface area (Å²) in [6, 6.07) is 11.5. The Morgan fingerprint density at radius 3 is 2.50 bits per heavy atom. The molecule has 1 amide bonds. The summed E-state index contributed by atoms with van der Waals surface area (Å²) in [5.74, 6) is 0.0140. The van der Waals surface area contributed by atoms with Gasteiger partial charge in [-0.05, 0) is 55.2 Å². The molecule has 0 bridgehead atoms. The largest absolute Gasteiger partial charge is 0.301 e.